The van der Waals surface area contributed by atoms with E-state index in [0.717, 1.165) is 51.4 Å². The first-order chi connectivity index (χ1) is 14.8. The summed E-state index contributed by atoms with van der Waals surface area (Å²) in [5, 5.41) is 10.5. The Morgan fingerprint density at radius 1 is 0.829 bits per heavy atom. The van der Waals surface area contributed by atoms with Gasteiger partial charge in [0.15, 0.2) is 0 Å². The summed E-state index contributed by atoms with van der Waals surface area (Å²) in [7, 11) is 1.41. The number of ether oxygens (including phenoxy) is 1. The van der Waals surface area contributed by atoms with Crippen molar-refractivity contribution in [3.8, 4) is 0 Å². The molecule has 0 bridgehead atoms. The molecule has 1 N–H and O–H groups in total. The second kappa shape index (κ2) is 25.8. The molecule has 0 heterocycles. The Kier molecular flexibility index (Phi) is 32.1. The average Bonchev–Trinajstić information content (AvgIpc) is 3.25. The third-order valence-electron chi connectivity index (χ3n) is 6.81. The summed E-state index contributed by atoms with van der Waals surface area (Å²) >= 11 is 0. The SMILES string of the molecule is C.CCCCCC1C(=O)CCC1CC(=O)OC.CCCCCC1C(=O)CCC1CC(=O)[O-].[K+].[K+].[OH-]. The van der Waals surface area contributed by atoms with Crippen LogP contribution in [0.15, 0.2) is 0 Å². The molecule has 2 aliphatic rings. The predicted octanol–water partition coefficient (Wildman–Crippen LogP) is -1.51. The van der Waals surface area contributed by atoms with Gasteiger partial charge in [-0.15, -0.1) is 0 Å². The van der Waals surface area contributed by atoms with Crippen molar-refractivity contribution >= 4 is 23.5 Å². The molecular formula is C26H46K2O7. The number of Topliss-reactive ketones (excluding diaryl/α,β-unsaturated/α-hetero) is 2. The van der Waals surface area contributed by atoms with Gasteiger partial charge in [-0.25, -0.2) is 0 Å². The summed E-state index contributed by atoms with van der Waals surface area (Å²) in [4.78, 5) is 45.0. The van der Waals surface area contributed by atoms with E-state index in [1.54, 1.807) is 0 Å². The Morgan fingerprint density at radius 3 is 1.57 bits per heavy atom. The molecule has 35 heavy (non-hydrogen) atoms. The minimum Gasteiger partial charge on any atom is -0.870 e. The number of unbranched alkanes of at least 4 members (excludes halogenated alkanes) is 4. The van der Waals surface area contributed by atoms with Crippen LogP contribution in [0.4, 0.5) is 0 Å². The monoisotopic (exact) mass is 548 g/mol. The van der Waals surface area contributed by atoms with Crippen LogP contribution in [0.5, 0.6) is 0 Å². The van der Waals surface area contributed by atoms with Crippen LogP contribution in [0, 0.1) is 23.7 Å². The molecule has 0 aromatic carbocycles. The number of carboxylic acid groups (broad SMARTS) is 1. The predicted molar refractivity (Wildman–Crippen MR) is 126 cm³/mol. The number of carbonyl (C=O) groups excluding carboxylic acids is 4. The van der Waals surface area contributed by atoms with E-state index in [4.69, 9.17) is 0 Å². The number of carboxylic acids is 1. The van der Waals surface area contributed by atoms with E-state index in [1.807, 2.05) is 0 Å². The summed E-state index contributed by atoms with van der Waals surface area (Å²) in [6, 6.07) is 0. The topological polar surface area (TPSA) is 131 Å². The molecule has 4 unspecified atom stereocenters. The standard InChI is InChI=1S/C13H22O3.C12H20O3.CH4.2K.H2O/c1-3-4-5-6-11-10(7-8-12(11)14)9-13(15)16-2;1-2-3-4-5-10-9(8-12(14)15)6-7-11(10)13;;;;/h10-11H,3-9H2,1-2H3;9-10H,2-8H2,1H3,(H,14,15);1H4;;;1H2/q;;;2*+1;/p-2. The van der Waals surface area contributed by atoms with Gasteiger partial charge in [0.1, 0.15) is 11.6 Å². The summed E-state index contributed by atoms with van der Waals surface area (Å²) in [6.07, 6.45) is 11.9. The number of rotatable bonds is 12. The van der Waals surface area contributed by atoms with Crippen molar-refractivity contribution < 1.29 is 137 Å². The minimum atomic E-state index is -1.02. The average molecular weight is 549 g/mol. The van der Waals surface area contributed by atoms with Crippen molar-refractivity contribution in [2.24, 2.45) is 23.7 Å². The summed E-state index contributed by atoms with van der Waals surface area (Å²) in [6.45, 7) is 4.28. The zero-order valence-electron chi connectivity index (χ0n) is 22.1. The number of methoxy groups -OCH3 is 1. The smallest absolute Gasteiger partial charge is 0.870 e. The molecule has 0 amide bonds. The second-order valence-electron chi connectivity index (χ2n) is 9.09. The first kappa shape index (κ1) is 43.6. The summed E-state index contributed by atoms with van der Waals surface area (Å²) in [5.41, 5.74) is 0. The summed E-state index contributed by atoms with van der Waals surface area (Å²) < 4.78 is 4.67. The Morgan fingerprint density at radius 2 is 1.23 bits per heavy atom. The molecular weight excluding hydrogens is 502 g/mol. The molecule has 0 aliphatic heterocycles. The number of hydrogen-bond donors (Lipinski definition) is 0. The van der Waals surface area contributed by atoms with Gasteiger partial charge in [0.2, 0.25) is 0 Å². The molecule has 0 saturated heterocycles. The number of ketones is 2. The molecule has 2 aliphatic carbocycles. The Labute approximate surface area is 298 Å². The van der Waals surface area contributed by atoms with Crippen LogP contribution < -0.4 is 108 Å². The molecule has 0 radical (unpaired) electrons. The van der Waals surface area contributed by atoms with Gasteiger partial charge in [-0.1, -0.05) is 59.8 Å². The largest absolute Gasteiger partial charge is 1.00 e. The molecule has 2 fully saturated rings. The van der Waals surface area contributed by atoms with Crippen molar-refractivity contribution in [2.75, 3.05) is 7.11 Å². The zero-order chi connectivity index (χ0) is 23.2. The molecule has 2 rings (SSSR count). The number of carbonyl (C=O) groups is 4. The van der Waals surface area contributed by atoms with E-state index in [9.17, 15) is 24.3 Å². The molecule has 0 aromatic rings. The molecule has 7 nitrogen and oxygen atoms in total. The normalized spacial score (nSPS) is 22.4. The van der Waals surface area contributed by atoms with Crippen LogP contribution in [0.3, 0.4) is 0 Å². The Bertz CT molecular complexity index is 598. The number of esters is 1. The van der Waals surface area contributed by atoms with Gasteiger partial charge in [0, 0.05) is 37.1 Å². The van der Waals surface area contributed by atoms with Crippen LogP contribution >= 0.6 is 0 Å². The van der Waals surface area contributed by atoms with Gasteiger partial charge in [-0.05, 0) is 43.9 Å². The van der Waals surface area contributed by atoms with Gasteiger partial charge >= 0.3 is 109 Å². The van der Waals surface area contributed by atoms with Crippen molar-refractivity contribution in [1.29, 1.82) is 0 Å². The van der Waals surface area contributed by atoms with E-state index < -0.39 is 5.97 Å². The molecule has 4 atom stereocenters. The molecule has 0 aromatic heterocycles. The maximum Gasteiger partial charge on any atom is 1.00 e. The van der Waals surface area contributed by atoms with Gasteiger partial charge < -0.3 is 20.1 Å². The Hall–Kier alpha value is 1.51. The Balaban J connectivity index is -0.000000247. The zero-order valence-corrected chi connectivity index (χ0v) is 28.4. The van der Waals surface area contributed by atoms with Crippen molar-refractivity contribution in [1.82, 2.24) is 0 Å². The fourth-order valence-corrected chi connectivity index (χ4v) is 4.98. The molecule has 0 spiro atoms. The molecule has 194 valence electrons. The van der Waals surface area contributed by atoms with E-state index >= 15 is 0 Å². The van der Waals surface area contributed by atoms with E-state index in [1.165, 1.54) is 20.0 Å². The number of hydrogen-bond acceptors (Lipinski definition) is 7. The quantitative estimate of drug-likeness (QED) is 0.165. The third kappa shape index (κ3) is 17.7. The van der Waals surface area contributed by atoms with Crippen LogP contribution in [-0.2, 0) is 23.9 Å². The van der Waals surface area contributed by atoms with E-state index in [2.05, 4.69) is 18.6 Å². The number of aliphatic carboxylic acids is 1. The van der Waals surface area contributed by atoms with Gasteiger partial charge in [0.05, 0.1) is 7.11 Å². The van der Waals surface area contributed by atoms with E-state index in [-0.39, 0.29) is 158 Å². The van der Waals surface area contributed by atoms with Crippen molar-refractivity contribution in [3.63, 3.8) is 0 Å². The molecule has 9 heteroatoms. The molecule has 2 saturated carbocycles. The van der Waals surface area contributed by atoms with Gasteiger partial charge in [-0.3, -0.25) is 14.4 Å². The van der Waals surface area contributed by atoms with Crippen molar-refractivity contribution in [3.05, 3.63) is 0 Å². The third-order valence-corrected chi connectivity index (χ3v) is 6.81. The maximum absolute atomic E-state index is 11.7. The second-order valence-corrected chi connectivity index (χ2v) is 9.09. The van der Waals surface area contributed by atoms with Gasteiger partial charge in [-0.2, -0.15) is 0 Å². The fourth-order valence-electron chi connectivity index (χ4n) is 4.98. The van der Waals surface area contributed by atoms with Crippen LogP contribution in [0.2, 0.25) is 0 Å². The van der Waals surface area contributed by atoms with Crippen LogP contribution in [0.25, 0.3) is 0 Å². The van der Waals surface area contributed by atoms with Crippen LogP contribution in [0.1, 0.15) is 111 Å². The fraction of sp³-hybridized carbons (Fsp3) is 0.846. The minimum absolute atomic E-state index is 0. The first-order valence-electron chi connectivity index (χ1n) is 12.2. The first-order valence-corrected chi connectivity index (χ1v) is 12.2. The maximum atomic E-state index is 11.7. The van der Waals surface area contributed by atoms with Crippen molar-refractivity contribution in [2.45, 2.75) is 111 Å². The van der Waals surface area contributed by atoms with Crippen LogP contribution in [-0.4, -0.2) is 36.1 Å². The summed E-state index contributed by atoms with van der Waals surface area (Å²) in [5.74, 6) is -0.200. The van der Waals surface area contributed by atoms with E-state index in [0.29, 0.717) is 25.0 Å². The van der Waals surface area contributed by atoms with Gasteiger partial charge in [0.25, 0.3) is 0 Å².